The van der Waals surface area contributed by atoms with Crippen molar-refractivity contribution in [3.63, 3.8) is 0 Å². The molecule has 2 bridgehead atoms. The van der Waals surface area contributed by atoms with Gasteiger partial charge >= 0.3 is 0 Å². The molecule has 3 aromatic carbocycles. The highest BCUT2D eigenvalue weighted by atomic mass is 35.5. The zero-order valence-corrected chi connectivity index (χ0v) is 18.3. The molecule has 1 aromatic heterocycles. The van der Waals surface area contributed by atoms with E-state index in [2.05, 4.69) is 16.9 Å². The Balaban J connectivity index is 0.00000193. The molecule has 0 saturated carbocycles. The lowest BCUT2D eigenvalue weighted by Gasteiger charge is -2.23. The minimum absolute atomic E-state index is 0. The van der Waals surface area contributed by atoms with E-state index in [0.29, 0.717) is 21.9 Å². The lowest BCUT2D eigenvalue weighted by molar-refractivity contribution is 0.503. The summed E-state index contributed by atoms with van der Waals surface area (Å²) in [5.41, 5.74) is 3.76. The summed E-state index contributed by atoms with van der Waals surface area (Å²) in [5.74, 6) is 0. The number of nitrogens with one attached hydrogen (secondary N) is 1. The fraction of sp³-hybridized carbons (Fsp3) is 0.250. The standard InChI is InChI=1S/C24H22N2O2S.ClH/c1-26-22-11-9-19(14-20(22)24-21-10-7-17(25-21)13-23(24)26)29(27,28)18-8-6-15-4-2-3-5-16(15)12-18;/h2-6,8-9,11-12,14,17,21,25H,7,10,13H2,1H3;1H. The number of benzene rings is 3. The van der Waals surface area contributed by atoms with Gasteiger partial charge in [-0.2, -0.15) is 0 Å². The van der Waals surface area contributed by atoms with Gasteiger partial charge in [-0.05, 0) is 59.5 Å². The molecular formula is C24H23ClN2O2S. The average molecular weight is 439 g/mol. The van der Waals surface area contributed by atoms with Gasteiger partial charge in [0.1, 0.15) is 0 Å². The lowest BCUT2D eigenvalue weighted by Crippen LogP contribution is -2.32. The summed E-state index contributed by atoms with van der Waals surface area (Å²) in [5, 5.41) is 6.75. The number of fused-ring (bicyclic) bond motifs is 7. The van der Waals surface area contributed by atoms with Crippen LogP contribution in [0, 0.1) is 0 Å². The third-order valence-electron chi connectivity index (χ3n) is 6.71. The zero-order chi connectivity index (χ0) is 19.8. The van der Waals surface area contributed by atoms with E-state index >= 15 is 0 Å². The van der Waals surface area contributed by atoms with Crippen LogP contribution >= 0.6 is 12.4 Å². The molecule has 1 saturated heterocycles. The van der Waals surface area contributed by atoms with E-state index in [1.807, 2.05) is 42.5 Å². The molecule has 2 atom stereocenters. The molecule has 0 aliphatic carbocycles. The Labute approximate surface area is 182 Å². The fourth-order valence-electron chi connectivity index (χ4n) is 5.22. The molecule has 2 unspecified atom stereocenters. The van der Waals surface area contributed by atoms with Crippen LogP contribution in [-0.4, -0.2) is 19.0 Å². The number of halogens is 1. The largest absolute Gasteiger partial charge is 0.347 e. The third-order valence-corrected chi connectivity index (χ3v) is 8.45. The Morgan fingerprint density at radius 2 is 1.67 bits per heavy atom. The minimum Gasteiger partial charge on any atom is -0.347 e. The quantitative estimate of drug-likeness (QED) is 0.482. The van der Waals surface area contributed by atoms with Crippen molar-refractivity contribution in [1.82, 2.24) is 9.88 Å². The zero-order valence-electron chi connectivity index (χ0n) is 16.6. The first-order valence-electron chi connectivity index (χ1n) is 10.1. The highest BCUT2D eigenvalue weighted by molar-refractivity contribution is 7.91. The van der Waals surface area contributed by atoms with Gasteiger partial charge in [0.05, 0.1) is 9.79 Å². The van der Waals surface area contributed by atoms with Crippen LogP contribution in [0.25, 0.3) is 21.7 Å². The van der Waals surface area contributed by atoms with Crippen molar-refractivity contribution in [3.8, 4) is 0 Å². The number of aryl methyl sites for hydroxylation is 1. The second-order valence-electron chi connectivity index (χ2n) is 8.31. The number of nitrogens with zero attached hydrogens (tertiary/aromatic N) is 1. The molecule has 0 radical (unpaired) electrons. The van der Waals surface area contributed by atoms with E-state index < -0.39 is 9.84 Å². The van der Waals surface area contributed by atoms with Gasteiger partial charge in [0.15, 0.2) is 0 Å². The van der Waals surface area contributed by atoms with Crippen molar-refractivity contribution >= 4 is 43.9 Å². The second kappa shape index (κ2) is 6.84. The molecule has 1 fully saturated rings. The van der Waals surface area contributed by atoms with Gasteiger partial charge in [-0.25, -0.2) is 8.42 Å². The van der Waals surface area contributed by atoms with Crippen molar-refractivity contribution in [1.29, 1.82) is 0 Å². The van der Waals surface area contributed by atoms with Gasteiger partial charge in [-0.15, -0.1) is 12.4 Å². The van der Waals surface area contributed by atoms with E-state index in [0.717, 1.165) is 34.5 Å². The second-order valence-corrected chi connectivity index (χ2v) is 10.3. The van der Waals surface area contributed by atoms with Gasteiger partial charge < -0.3 is 9.88 Å². The molecule has 6 rings (SSSR count). The molecule has 0 spiro atoms. The van der Waals surface area contributed by atoms with Crippen LogP contribution in [0.3, 0.4) is 0 Å². The number of hydrogen-bond donors (Lipinski definition) is 1. The predicted octanol–water partition coefficient (Wildman–Crippen LogP) is 4.94. The van der Waals surface area contributed by atoms with E-state index in [9.17, 15) is 8.42 Å². The van der Waals surface area contributed by atoms with Gasteiger partial charge in [0.25, 0.3) is 0 Å². The Morgan fingerprint density at radius 3 is 2.50 bits per heavy atom. The van der Waals surface area contributed by atoms with Crippen LogP contribution in [0.1, 0.15) is 30.1 Å². The summed E-state index contributed by atoms with van der Waals surface area (Å²) in [7, 11) is -1.48. The van der Waals surface area contributed by atoms with Crippen molar-refractivity contribution in [2.24, 2.45) is 7.05 Å². The maximum Gasteiger partial charge on any atom is 0.206 e. The number of hydrogen-bond acceptors (Lipinski definition) is 3. The van der Waals surface area contributed by atoms with Gasteiger partial charge in [0, 0.05) is 42.1 Å². The van der Waals surface area contributed by atoms with Crippen LogP contribution in [0.4, 0.5) is 0 Å². The summed E-state index contributed by atoms with van der Waals surface area (Å²) in [4.78, 5) is 0.716. The van der Waals surface area contributed by atoms with Crippen LogP contribution in [-0.2, 0) is 23.3 Å². The molecule has 2 aliphatic rings. The SMILES string of the molecule is Cl.Cn1c2c(c3cc(S(=O)(=O)c4ccc5ccccc5c4)ccc31)C1CCC(C2)N1. The summed E-state index contributed by atoms with van der Waals surface area (Å²) in [6.07, 6.45) is 3.33. The minimum atomic E-state index is -3.58. The molecule has 2 aliphatic heterocycles. The molecule has 6 heteroatoms. The molecule has 154 valence electrons. The highest BCUT2D eigenvalue weighted by Crippen LogP contribution is 2.42. The van der Waals surface area contributed by atoms with E-state index in [-0.39, 0.29) is 12.4 Å². The van der Waals surface area contributed by atoms with Crippen molar-refractivity contribution in [3.05, 3.63) is 71.9 Å². The first-order valence-corrected chi connectivity index (χ1v) is 11.6. The van der Waals surface area contributed by atoms with Crippen LogP contribution < -0.4 is 5.32 Å². The summed E-state index contributed by atoms with van der Waals surface area (Å²) < 4.78 is 29.1. The number of rotatable bonds is 2. The van der Waals surface area contributed by atoms with Crippen molar-refractivity contribution < 1.29 is 8.42 Å². The van der Waals surface area contributed by atoms with Crippen molar-refractivity contribution in [2.45, 2.75) is 41.1 Å². The van der Waals surface area contributed by atoms with E-state index in [1.165, 1.54) is 17.7 Å². The van der Waals surface area contributed by atoms with Gasteiger partial charge in [0.2, 0.25) is 9.84 Å². The molecule has 4 nitrogen and oxygen atoms in total. The predicted molar refractivity (Wildman–Crippen MR) is 122 cm³/mol. The Morgan fingerprint density at radius 1 is 0.933 bits per heavy atom. The van der Waals surface area contributed by atoms with Gasteiger partial charge in [-0.1, -0.05) is 30.3 Å². The van der Waals surface area contributed by atoms with Crippen LogP contribution in [0.15, 0.2) is 70.5 Å². The molecule has 0 amide bonds. The highest BCUT2D eigenvalue weighted by Gasteiger charge is 2.36. The first-order chi connectivity index (χ1) is 14.0. The summed E-state index contributed by atoms with van der Waals surface area (Å²) in [6.45, 7) is 0. The number of aromatic nitrogens is 1. The Kier molecular flexibility index (Phi) is 4.47. The average Bonchev–Trinajstić information content (AvgIpc) is 3.26. The van der Waals surface area contributed by atoms with Gasteiger partial charge in [-0.3, -0.25) is 0 Å². The molecular weight excluding hydrogens is 416 g/mol. The summed E-state index contributed by atoms with van der Waals surface area (Å²) >= 11 is 0. The Bertz CT molecular complexity index is 1410. The molecule has 1 N–H and O–H groups in total. The van der Waals surface area contributed by atoms with Crippen molar-refractivity contribution in [2.75, 3.05) is 0 Å². The topological polar surface area (TPSA) is 51.1 Å². The van der Waals surface area contributed by atoms with Crippen LogP contribution in [0.2, 0.25) is 0 Å². The summed E-state index contributed by atoms with van der Waals surface area (Å²) in [6, 6.07) is 19.7. The number of sulfone groups is 1. The molecule has 4 aromatic rings. The smallest absolute Gasteiger partial charge is 0.206 e. The first kappa shape index (κ1) is 19.6. The lowest BCUT2D eigenvalue weighted by atomic mass is 9.99. The fourth-order valence-corrected chi connectivity index (χ4v) is 6.54. The van der Waals surface area contributed by atoms with E-state index in [4.69, 9.17) is 0 Å². The molecule has 3 heterocycles. The van der Waals surface area contributed by atoms with E-state index in [1.54, 1.807) is 18.2 Å². The monoisotopic (exact) mass is 438 g/mol. The third kappa shape index (κ3) is 2.73. The normalized spacial score (nSPS) is 20.3. The van der Waals surface area contributed by atoms with Crippen LogP contribution in [0.5, 0.6) is 0 Å². The molecule has 30 heavy (non-hydrogen) atoms. The maximum atomic E-state index is 13.4. The Hall–Kier alpha value is -2.34. The maximum absolute atomic E-state index is 13.4.